The first-order valence-electron chi connectivity index (χ1n) is 7.49. The van der Waals surface area contributed by atoms with Crippen molar-refractivity contribution < 1.29 is 9.53 Å². The number of aromatic nitrogens is 4. The first-order valence-corrected chi connectivity index (χ1v) is 7.49. The van der Waals surface area contributed by atoms with Crippen LogP contribution in [-0.4, -0.2) is 32.1 Å². The van der Waals surface area contributed by atoms with Gasteiger partial charge in [0.05, 0.1) is 31.5 Å². The van der Waals surface area contributed by atoms with Gasteiger partial charge in [-0.1, -0.05) is 24.3 Å². The zero-order valence-electron chi connectivity index (χ0n) is 12.9. The lowest BCUT2D eigenvalue weighted by Crippen LogP contribution is -2.04. The second-order valence-corrected chi connectivity index (χ2v) is 5.17. The smallest absolute Gasteiger partial charge is 0.341 e. The van der Waals surface area contributed by atoms with Crippen LogP contribution in [0, 0.1) is 0 Å². The lowest BCUT2D eigenvalue weighted by molar-refractivity contribution is 0.0526. The fraction of sp³-hybridized carbons (Fsp3) is 0.235. The Hall–Kier alpha value is -2.89. The average molecular weight is 310 g/mol. The Morgan fingerprint density at radius 2 is 1.78 bits per heavy atom. The van der Waals surface area contributed by atoms with E-state index in [1.807, 2.05) is 16.9 Å². The summed E-state index contributed by atoms with van der Waals surface area (Å²) in [6.07, 6.45) is 6.95. The van der Waals surface area contributed by atoms with Crippen LogP contribution in [0.3, 0.4) is 0 Å². The Morgan fingerprint density at radius 1 is 1.09 bits per heavy atom. The van der Waals surface area contributed by atoms with E-state index in [0.29, 0.717) is 18.7 Å². The van der Waals surface area contributed by atoms with Crippen LogP contribution >= 0.6 is 0 Å². The highest BCUT2D eigenvalue weighted by Gasteiger charge is 2.09. The molecule has 2 aromatic heterocycles. The summed E-state index contributed by atoms with van der Waals surface area (Å²) >= 11 is 0. The van der Waals surface area contributed by atoms with E-state index in [-0.39, 0.29) is 5.97 Å². The summed E-state index contributed by atoms with van der Waals surface area (Å²) < 4.78 is 8.57. The second-order valence-electron chi connectivity index (χ2n) is 5.17. The maximum absolute atomic E-state index is 11.6. The number of carbonyl (C=O) groups is 1. The van der Waals surface area contributed by atoms with Crippen molar-refractivity contribution in [3.05, 3.63) is 71.8 Å². The van der Waals surface area contributed by atoms with Crippen LogP contribution in [-0.2, 0) is 17.8 Å². The second kappa shape index (κ2) is 6.91. The molecule has 0 amide bonds. The normalized spacial score (nSPS) is 10.7. The van der Waals surface area contributed by atoms with Crippen molar-refractivity contribution >= 4 is 5.97 Å². The quantitative estimate of drug-likeness (QED) is 0.656. The molecule has 2 heterocycles. The SMILES string of the molecule is CCOC(=O)c1cnn(Cc2ccc(Cn3cccn3)cc2)c1. The van der Waals surface area contributed by atoms with Gasteiger partial charge in [-0.2, -0.15) is 10.2 Å². The van der Waals surface area contributed by atoms with Gasteiger partial charge >= 0.3 is 5.97 Å². The Balaban J connectivity index is 1.63. The number of hydrogen-bond donors (Lipinski definition) is 0. The van der Waals surface area contributed by atoms with Gasteiger partial charge in [0.1, 0.15) is 0 Å². The average Bonchev–Trinajstić information content (AvgIpc) is 3.21. The topological polar surface area (TPSA) is 61.9 Å². The van der Waals surface area contributed by atoms with Crippen LogP contribution in [0.2, 0.25) is 0 Å². The third-order valence-electron chi connectivity index (χ3n) is 3.42. The molecule has 118 valence electrons. The molecule has 0 bridgehead atoms. The molecule has 0 saturated carbocycles. The molecule has 0 aliphatic carbocycles. The van der Waals surface area contributed by atoms with Crippen molar-refractivity contribution in [3.63, 3.8) is 0 Å². The highest BCUT2D eigenvalue weighted by Crippen LogP contribution is 2.09. The maximum atomic E-state index is 11.6. The van der Waals surface area contributed by atoms with Crippen LogP contribution < -0.4 is 0 Å². The van der Waals surface area contributed by atoms with E-state index in [0.717, 1.165) is 12.1 Å². The number of nitrogens with zero attached hydrogens (tertiary/aromatic N) is 4. The van der Waals surface area contributed by atoms with E-state index in [2.05, 4.69) is 34.5 Å². The minimum atomic E-state index is -0.340. The molecule has 0 aliphatic rings. The van der Waals surface area contributed by atoms with Gasteiger partial charge in [-0.25, -0.2) is 4.79 Å². The van der Waals surface area contributed by atoms with Crippen LogP contribution in [0.15, 0.2) is 55.1 Å². The molecule has 3 aromatic rings. The molecule has 0 spiro atoms. The standard InChI is InChI=1S/C17H18N4O2/c1-2-23-17(22)16-10-19-21(13-16)12-15-6-4-14(5-7-15)11-20-9-3-8-18-20/h3-10,13H,2,11-12H2,1H3. The largest absolute Gasteiger partial charge is 0.462 e. The van der Waals surface area contributed by atoms with Crippen molar-refractivity contribution in [2.45, 2.75) is 20.0 Å². The number of ether oxygens (including phenoxy) is 1. The molecule has 3 rings (SSSR count). The van der Waals surface area contributed by atoms with Gasteiger partial charge in [-0.05, 0) is 24.1 Å². The highest BCUT2D eigenvalue weighted by molar-refractivity contribution is 5.88. The summed E-state index contributed by atoms with van der Waals surface area (Å²) in [6.45, 7) is 3.51. The van der Waals surface area contributed by atoms with Crippen LogP contribution in [0.5, 0.6) is 0 Å². The van der Waals surface area contributed by atoms with E-state index in [1.165, 1.54) is 11.8 Å². The number of rotatable bonds is 6. The molecule has 0 radical (unpaired) electrons. The van der Waals surface area contributed by atoms with Crippen LogP contribution in [0.25, 0.3) is 0 Å². The Labute approximate surface area is 134 Å². The molecule has 1 aromatic carbocycles. The highest BCUT2D eigenvalue weighted by atomic mass is 16.5. The van der Waals surface area contributed by atoms with Gasteiger partial charge in [0.2, 0.25) is 0 Å². The van der Waals surface area contributed by atoms with Gasteiger partial charge in [0, 0.05) is 18.6 Å². The zero-order chi connectivity index (χ0) is 16.1. The Kier molecular flexibility index (Phi) is 4.52. The number of hydrogen-bond acceptors (Lipinski definition) is 4. The van der Waals surface area contributed by atoms with Crippen molar-refractivity contribution in [1.29, 1.82) is 0 Å². The Bertz CT molecular complexity index is 760. The number of esters is 1. The van der Waals surface area contributed by atoms with Gasteiger partial charge in [0.25, 0.3) is 0 Å². The fourth-order valence-corrected chi connectivity index (χ4v) is 2.29. The summed E-state index contributed by atoms with van der Waals surface area (Å²) in [5.74, 6) is -0.340. The van der Waals surface area contributed by atoms with E-state index in [9.17, 15) is 4.79 Å². The summed E-state index contributed by atoms with van der Waals surface area (Å²) in [7, 11) is 0. The third kappa shape index (κ3) is 3.85. The van der Waals surface area contributed by atoms with Crippen molar-refractivity contribution in [2.75, 3.05) is 6.61 Å². The first kappa shape index (κ1) is 15.0. The molecule has 0 aliphatic heterocycles. The summed E-state index contributed by atoms with van der Waals surface area (Å²) in [5, 5.41) is 8.39. The summed E-state index contributed by atoms with van der Waals surface area (Å²) in [5.41, 5.74) is 2.78. The van der Waals surface area contributed by atoms with E-state index >= 15 is 0 Å². The first-order chi connectivity index (χ1) is 11.2. The van der Waals surface area contributed by atoms with Crippen molar-refractivity contribution in [3.8, 4) is 0 Å². The third-order valence-corrected chi connectivity index (χ3v) is 3.42. The van der Waals surface area contributed by atoms with Gasteiger partial charge in [0.15, 0.2) is 0 Å². The molecule has 0 fully saturated rings. The molecule has 0 saturated heterocycles. The van der Waals surface area contributed by atoms with Crippen molar-refractivity contribution in [2.24, 2.45) is 0 Å². The molecule has 6 nitrogen and oxygen atoms in total. The minimum absolute atomic E-state index is 0.340. The summed E-state index contributed by atoms with van der Waals surface area (Å²) in [6, 6.07) is 10.2. The van der Waals surface area contributed by atoms with Gasteiger partial charge < -0.3 is 4.74 Å². The van der Waals surface area contributed by atoms with E-state index in [4.69, 9.17) is 4.74 Å². The molecule has 0 unspecified atom stereocenters. The zero-order valence-corrected chi connectivity index (χ0v) is 12.9. The number of carbonyl (C=O) groups excluding carboxylic acids is 1. The number of benzene rings is 1. The lowest BCUT2D eigenvalue weighted by atomic mass is 10.1. The van der Waals surface area contributed by atoms with Gasteiger partial charge in [-0.3, -0.25) is 9.36 Å². The van der Waals surface area contributed by atoms with E-state index in [1.54, 1.807) is 24.0 Å². The molecule has 6 heteroatoms. The Morgan fingerprint density at radius 3 is 2.39 bits per heavy atom. The predicted octanol–water partition coefficient (Wildman–Crippen LogP) is 2.35. The molecule has 23 heavy (non-hydrogen) atoms. The lowest BCUT2D eigenvalue weighted by Gasteiger charge is -2.05. The van der Waals surface area contributed by atoms with E-state index < -0.39 is 0 Å². The minimum Gasteiger partial charge on any atom is -0.462 e. The maximum Gasteiger partial charge on any atom is 0.341 e. The van der Waals surface area contributed by atoms with Crippen LogP contribution in [0.4, 0.5) is 0 Å². The monoisotopic (exact) mass is 310 g/mol. The van der Waals surface area contributed by atoms with Gasteiger partial charge in [-0.15, -0.1) is 0 Å². The molecule has 0 atom stereocenters. The molecular formula is C17H18N4O2. The van der Waals surface area contributed by atoms with Crippen LogP contribution in [0.1, 0.15) is 28.4 Å². The fourth-order valence-electron chi connectivity index (χ4n) is 2.29. The molecule has 0 N–H and O–H groups in total. The van der Waals surface area contributed by atoms with Crippen molar-refractivity contribution in [1.82, 2.24) is 19.6 Å². The molecular weight excluding hydrogens is 292 g/mol. The summed E-state index contributed by atoms with van der Waals surface area (Å²) in [4.78, 5) is 11.6. The predicted molar refractivity (Wildman–Crippen MR) is 85.1 cm³/mol.